The number of benzene rings is 1. The number of carbonyl (C=O) groups is 2. The lowest BCUT2D eigenvalue weighted by Crippen LogP contribution is -2.31. The molecule has 1 rings (SSSR count). The molecule has 1 amide bonds. The summed E-state index contributed by atoms with van der Waals surface area (Å²) in [7, 11) is 0. The van der Waals surface area contributed by atoms with Crippen LogP contribution in [0.25, 0.3) is 0 Å². The maximum atomic E-state index is 11.2. The molecule has 1 aromatic carbocycles. The zero-order valence-electron chi connectivity index (χ0n) is 8.43. The van der Waals surface area contributed by atoms with Gasteiger partial charge >= 0.3 is 0 Å². The molecule has 0 saturated heterocycles. The van der Waals surface area contributed by atoms with E-state index in [1.165, 1.54) is 4.90 Å². The van der Waals surface area contributed by atoms with Crippen molar-refractivity contribution in [3.8, 4) is 0 Å². The molecule has 0 heterocycles. The van der Waals surface area contributed by atoms with Crippen LogP contribution in [0, 0.1) is 0 Å². The molecule has 78 valence electrons. The Morgan fingerprint density at radius 1 is 1.33 bits per heavy atom. The topological polar surface area (TPSA) is 37.4 Å². The fourth-order valence-corrected chi connectivity index (χ4v) is 1.27. The van der Waals surface area contributed by atoms with Crippen LogP contribution in [0.4, 0.5) is 0 Å². The fourth-order valence-electron chi connectivity index (χ4n) is 1.27. The molecular formula is C12H13NO2. The van der Waals surface area contributed by atoms with Gasteiger partial charge in [-0.1, -0.05) is 36.4 Å². The van der Waals surface area contributed by atoms with Crippen molar-refractivity contribution in [2.45, 2.75) is 6.54 Å². The third kappa shape index (κ3) is 3.38. The average molecular weight is 203 g/mol. The number of nitrogens with zero attached hydrogens (tertiary/aromatic N) is 1. The average Bonchev–Trinajstić information content (AvgIpc) is 2.29. The highest BCUT2D eigenvalue weighted by Crippen LogP contribution is 2.03. The van der Waals surface area contributed by atoms with Crippen molar-refractivity contribution in [3.63, 3.8) is 0 Å². The van der Waals surface area contributed by atoms with Gasteiger partial charge in [0.15, 0.2) is 0 Å². The standard InChI is InChI=1S/C12H13NO2/c1-2-8-13(12(15)10-14)9-11-6-4-3-5-7-11/h2-7,10H,1,8-9H2. The van der Waals surface area contributed by atoms with E-state index >= 15 is 0 Å². The number of rotatable bonds is 5. The SMILES string of the molecule is C=CCN(Cc1ccccc1)C(=O)C=O. The van der Waals surface area contributed by atoms with Crippen LogP contribution in [0.5, 0.6) is 0 Å². The Kier molecular flexibility index (Phi) is 4.29. The van der Waals surface area contributed by atoms with Crippen LogP contribution in [0.15, 0.2) is 43.0 Å². The van der Waals surface area contributed by atoms with Gasteiger partial charge in [-0.2, -0.15) is 0 Å². The van der Waals surface area contributed by atoms with E-state index in [9.17, 15) is 9.59 Å². The molecule has 0 aliphatic heterocycles. The minimum Gasteiger partial charge on any atom is -0.328 e. The normalized spacial score (nSPS) is 9.33. The van der Waals surface area contributed by atoms with E-state index in [1.807, 2.05) is 30.3 Å². The van der Waals surface area contributed by atoms with Crippen molar-refractivity contribution in [2.24, 2.45) is 0 Å². The molecule has 0 saturated carbocycles. The summed E-state index contributed by atoms with van der Waals surface area (Å²) in [6.07, 6.45) is 1.93. The molecule has 0 atom stereocenters. The Hall–Kier alpha value is -1.90. The van der Waals surface area contributed by atoms with Gasteiger partial charge in [-0.25, -0.2) is 0 Å². The first kappa shape index (κ1) is 11.2. The third-order valence-corrected chi connectivity index (χ3v) is 1.98. The lowest BCUT2D eigenvalue weighted by Gasteiger charge is -2.18. The molecule has 3 nitrogen and oxygen atoms in total. The summed E-state index contributed by atoms with van der Waals surface area (Å²) in [5, 5.41) is 0. The summed E-state index contributed by atoms with van der Waals surface area (Å²) in [6.45, 7) is 4.37. The zero-order chi connectivity index (χ0) is 11.1. The summed E-state index contributed by atoms with van der Waals surface area (Å²) in [6, 6.07) is 9.52. The van der Waals surface area contributed by atoms with Crippen LogP contribution >= 0.6 is 0 Å². The minimum absolute atomic E-state index is 0.326. The highest BCUT2D eigenvalue weighted by atomic mass is 16.2. The molecule has 0 aliphatic carbocycles. The van der Waals surface area contributed by atoms with Gasteiger partial charge < -0.3 is 4.90 Å². The van der Waals surface area contributed by atoms with Gasteiger partial charge in [-0.3, -0.25) is 9.59 Å². The van der Waals surface area contributed by atoms with Crippen LogP contribution < -0.4 is 0 Å². The van der Waals surface area contributed by atoms with E-state index in [-0.39, 0.29) is 0 Å². The zero-order valence-corrected chi connectivity index (χ0v) is 8.43. The summed E-state index contributed by atoms with van der Waals surface area (Å²) in [5.74, 6) is -0.515. The van der Waals surface area contributed by atoms with Gasteiger partial charge in [0, 0.05) is 13.1 Å². The maximum absolute atomic E-state index is 11.2. The van der Waals surface area contributed by atoms with Crippen LogP contribution in [-0.2, 0) is 16.1 Å². The van der Waals surface area contributed by atoms with Crippen molar-refractivity contribution in [2.75, 3.05) is 6.54 Å². The molecule has 0 radical (unpaired) electrons. The molecular weight excluding hydrogens is 190 g/mol. The molecule has 15 heavy (non-hydrogen) atoms. The molecule has 0 aromatic heterocycles. The first-order valence-corrected chi connectivity index (χ1v) is 4.67. The molecule has 1 aromatic rings. The smallest absolute Gasteiger partial charge is 0.287 e. The molecule has 0 bridgehead atoms. The Balaban J connectivity index is 2.70. The lowest BCUT2D eigenvalue weighted by atomic mass is 10.2. The van der Waals surface area contributed by atoms with Crippen LogP contribution in [-0.4, -0.2) is 23.6 Å². The van der Waals surface area contributed by atoms with E-state index in [0.717, 1.165) is 5.56 Å². The summed E-state index contributed by atoms with van der Waals surface area (Å²) >= 11 is 0. The molecule has 0 N–H and O–H groups in total. The summed E-state index contributed by atoms with van der Waals surface area (Å²) in [4.78, 5) is 23.0. The lowest BCUT2D eigenvalue weighted by molar-refractivity contribution is -0.138. The van der Waals surface area contributed by atoms with Gasteiger partial charge in [-0.05, 0) is 5.56 Å². The van der Waals surface area contributed by atoms with E-state index < -0.39 is 5.91 Å². The second kappa shape index (κ2) is 5.75. The number of aldehydes is 1. The van der Waals surface area contributed by atoms with E-state index in [2.05, 4.69) is 6.58 Å². The van der Waals surface area contributed by atoms with E-state index in [4.69, 9.17) is 0 Å². The van der Waals surface area contributed by atoms with Crippen molar-refractivity contribution in [3.05, 3.63) is 48.6 Å². The molecule has 3 heteroatoms. The highest BCUT2D eigenvalue weighted by molar-refractivity contribution is 6.23. The van der Waals surface area contributed by atoms with Crippen LogP contribution in [0.2, 0.25) is 0 Å². The first-order chi connectivity index (χ1) is 7.27. The van der Waals surface area contributed by atoms with E-state index in [0.29, 0.717) is 19.4 Å². The second-order valence-electron chi connectivity index (χ2n) is 3.11. The van der Waals surface area contributed by atoms with Crippen molar-refractivity contribution in [1.82, 2.24) is 4.90 Å². The molecule has 0 fully saturated rings. The number of hydrogen-bond donors (Lipinski definition) is 0. The van der Waals surface area contributed by atoms with Gasteiger partial charge in [-0.15, -0.1) is 6.58 Å². The van der Waals surface area contributed by atoms with Crippen molar-refractivity contribution in [1.29, 1.82) is 0 Å². The number of amides is 1. The highest BCUT2D eigenvalue weighted by Gasteiger charge is 2.10. The summed E-state index contributed by atoms with van der Waals surface area (Å²) < 4.78 is 0. The third-order valence-electron chi connectivity index (χ3n) is 1.98. The molecule has 0 aliphatic rings. The Morgan fingerprint density at radius 2 is 2.00 bits per heavy atom. The minimum atomic E-state index is -0.515. The maximum Gasteiger partial charge on any atom is 0.287 e. The molecule has 0 unspecified atom stereocenters. The largest absolute Gasteiger partial charge is 0.328 e. The first-order valence-electron chi connectivity index (χ1n) is 4.67. The predicted molar refractivity (Wildman–Crippen MR) is 58.1 cm³/mol. The number of carbonyl (C=O) groups excluding carboxylic acids is 2. The number of hydrogen-bond acceptors (Lipinski definition) is 2. The van der Waals surface area contributed by atoms with E-state index in [1.54, 1.807) is 6.08 Å². The fraction of sp³-hybridized carbons (Fsp3) is 0.167. The Bertz CT molecular complexity index is 346. The second-order valence-corrected chi connectivity index (χ2v) is 3.11. The van der Waals surface area contributed by atoms with Gasteiger partial charge in [0.25, 0.3) is 5.91 Å². The monoisotopic (exact) mass is 203 g/mol. The van der Waals surface area contributed by atoms with Gasteiger partial charge in [0.2, 0.25) is 6.29 Å². The quantitative estimate of drug-likeness (QED) is 0.412. The van der Waals surface area contributed by atoms with Crippen LogP contribution in [0.1, 0.15) is 5.56 Å². The van der Waals surface area contributed by atoms with Crippen molar-refractivity contribution < 1.29 is 9.59 Å². The Labute approximate surface area is 89.0 Å². The van der Waals surface area contributed by atoms with Gasteiger partial charge in [0.1, 0.15) is 0 Å². The Morgan fingerprint density at radius 3 is 2.53 bits per heavy atom. The van der Waals surface area contributed by atoms with Gasteiger partial charge in [0.05, 0.1) is 0 Å². The molecule has 0 spiro atoms. The van der Waals surface area contributed by atoms with Crippen molar-refractivity contribution >= 4 is 12.2 Å². The van der Waals surface area contributed by atoms with Crippen LogP contribution in [0.3, 0.4) is 0 Å². The summed E-state index contributed by atoms with van der Waals surface area (Å²) in [5.41, 5.74) is 0.995. The predicted octanol–water partition coefficient (Wildman–Crippen LogP) is 1.40.